The summed E-state index contributed by atoms with van der Waals surface area (Å²) >= 11 is 1.83. The number of rotatable bonds is 5. The van der Waals surface area contributed by atoms with Gasteiger partial charge >= 0.3 is 0 Å². The van der Waals surface area contributed by atoms with E-state index in [1.807, 2.05) is 24.2 Å². The van der Waals surface area contributed by atoms with Gasteiger partial charge in [0.1, 0.15) is 0 Å². The van der Waals surface area contributed by atoms with Gasteiger partial charge in [-0.1, -0.05) is 24.6 Å². The van der Waals surface area contributed by atoms with E-state index in [1.54, 1.807) is 0 Å². The SMILES string of the molecule is CCC(N)C(Sc1ccc(C)cc1)c1ccncc1. The number of hydrogen-bond donors (Lipinski definition) is 1. The van der Waals surface area contributed by atoms with Crippen molar-refractivity contribution in [2.24, 2.45) is 5.73 Å². The van der Waals surface area contributed by atoms with Gasteiger partial charge in [0.25, 0.3) is 0 Å². The van der Waals surface area contributed by atoms with Crippen LogP contribution < -0.4 is 5.73 Å². The fraction of sp³-hybridized carbons (Fsp3) is 0.312. The van der Waals surface area contributed by atoms with Crippen molar-refractivity contribution in [2.45, 2.75) is 36.5 Å². The highest BCUT2D eigenvalue weighted by atomic mass is 32.2. The average Bonchev–Trinajstić information content (AvgIpc) is 2.47. The molecule has 0 radical (unpaired) electrons. The molecule has 0 saturated carbocycles. The lowest BCUT2D eigenvalue weighted by atomic mass is 10.1. The predicted molar refractivity (Wildman–Crippen MR) is 82.3 cm³/mol. The Balaban J connectivity index is 2.21. The average molecular weight is 272 g/mol. The molecule has 2 aromatic rings. The van der Waals surface area contributed by atoms with Crippen LogP contribution in [0, 0.1) is 6.92 Å². The van der Waals surface area contributed by atoms with Gasteiger partial charge in [0, 0.05) is 28.6 Å². The highest BCUT2D eigenvalue weighted by molar-refractivity contribution is 7.99. The van der Waals surface area contributed by atoms with Crippen LogP contribution in [0.1, 0.15) is 29.7 Å². The normalized spacial score (nSPS) is 14.1. The maximum atomic E-state index is 6.29. The number of benzene rings is 1. The quantitative estimate of drug-likeness (QED) is 0.837. The Labute approximate surface area is 119 Å². The molecular weight excluding hydrogens is 252 g/mol. The summed E-state index contributed by atoms with van der Waals surface area (Å²) in [4.78, 5) is 5.34. The van der Waals surface area contributed by atoms with Crippen LogP contribution in [0.25, 0.3) is 0 Å². The zero-order valence-electron chi connectivity index (χ0n) is 11.4. The number of aromatic nitrogens is 1. The maximum Gasteiger partial charge on any atom is 0.0496 e. The van der Waals surface area contributed by atoms with Crippen molar-refractivity contribution in [1.29, 1.82) is 0 Å². The van der Waals surface area contributed by atoms with Crippen LogP contribution >= 0.6 is 11.8 Å². The first-order valence-corrected chi connectivity index (χ1v) is 7.47. The van der Waals surface area contributed by atoms with Crippen molar-refractivity contribution in [2.75, 3.05) is 0 Å². The number of aryl methyl sites for hydroxylation is 1. The van der Waals surface area contributed by atoms with Crippen molar-refractivity contribution in [3.05, 3.63) is 59.9 Å². The van der Waals surface area contributed by atoms with Crippen molar-refractivity contribution >= 4 is 11.8 Å². The molecule has 2 rings (SSSR count). The Hall–Kier alpha value is -1.32. The van der Waals surface area contributed by atoms with E-state index in [9.17, 15) is 0 Å². The first-order valence-electron chi connectivity index (χ1n) is 6.59. The van der Waals surface area contributed by atoms with E-state index in [-0.39, 0.29) is 11.3 Å². The van der Waals surface area contributed by atoms with E-state index in [4.69, 9.17) is 5.73 Å². The second kappa shape index (κ2) is 6.73. The Morgan fingerprint density at radius 2 is 1.74 bits per heavy atom. The molecule has 2 N–H and O–H groups in total. The van der Waals surface area contributed by atoms with Gasteiger partial charge in [0.2, 0.25) is 0 Å². The molecule has 2 unspecified atom stereocenters. The van der Waals surface area contributed by atoms with E-state index in [2.05, 4.69) is 55.2 Å². The van der Waals surface area contributed by atoms with Crippen LogP contribution in [-0.2, 0) is 0 Å². The van der Waals surface area contributed by atoms with Gasteiger partial charge in [-0.3, -0.25) is 4.98 Å². The Morgan fingerprint density at radius 1 is 1.11 bits per heavy atom. The number of nitrogens with zero attached hydrogens (tertiary/aromatic N) is 1. The Bertz CT molecular complexity index is 496. The predicted octanol–water partition coefficient (Wildman–Crippen LogP) is 3.96. The molecule has 2 atom stereocenters. The highest BCUT2D eigenvalue weighted by Gasteiger charge is 2.19. The van der Waals surface area contributed by atoms with Gasteiger partial charge in [0.05, 0.1) is 0 Å². The second-order valence-corrected chi connectivity index (χ2v) is 5.92. The van der Waals surface area contributed by atoms with Crippen LogP contribution in [0.15, 0.2) is 53.7 Å². The summed E-state index contributed by atoms with van der Waals surface area (Å²) in [7, 11) is 0. The lowest BCUT2D eigenvalue weighted by Crippen LogP contribution is -2.25. The van der Waals surface area contributed by atoms with E-state index < -0.39 is 0 Å². The molecule has 100 valence electrons. The van der Waals surface area contributed by atoms with Crippen LogP contribution in [0.3, 0.4) is 0 Å². The molecule has 0 bridgehead atoms. The molecule has 19 heavy (non-hydrogen) atoms. The van der Waals surface area contributed by atoms with Crippen molar-refractivity contribution < 1.29 is 0 Å². The summed E-state index contributed by atoms with van der Waals surface area (Å²) < 4.78 is 0. The van der Waals surface area contributed by atoms with Gasteiger partial charge in [-0.15, -0.1) is 11.8 Å². The first kappa shape index (κ1) is 14.1. The summed E-state index contributed by atoms with van der Waals surface area (Å²) in [6.07, 6.45) is 4.63. The van der Waals surface area contributed by atoms with E-state index in [0.29, 0.717) is 0 Å². The Kier molecular flexibility index (Phi) is 5.00. The maximum absolute atomic E-state index is 6.29. The van der Waals surface area contributed by atoms with Gasteiger partial charge in [0.15, 0.2) is 0 Å². The van der Waals surface area contributed by atoms with Gasteiger partial charge in [-0.25, -0.2) is 0 Å². The van der Waals surface area contributed by atoms with Crippen LogP contribution in [-0.4, -0.2) is 11.0 Å². The molecule has 1 aromatic carbocycles. The molecule has 0 aliphatic rings. The van der Waals surface area contributed by atoms with E-state index in [0.717, 1.165) is 6.42 Å². The third-order valence-corrected chi connectivity index (χ3v) is 4.60. The highest BCUT2D eigenvalue weighted by Crippen LogP contribution is 2.37. The first-order chi connectivity index (χ1) is 9.20. The van der Waals surface area contributed by atoms with E-state index in [1.165, 1.54) is 16.0 Å². The monoisotopic (exact) mass is 272 g/mol. The zero-order valence-corrected chi connectivity index (χ0v) is 12.2. The molecule has 0 aliphatic heterocycles. The summed E-state index contributed by atoms with van der Waals surface area (Å²) in [5.74, 6) is 0. The molecule has 3 heteroatoms. The van der Waals surface area contributed by atoms with Crippen LogP contribution in [0.5, 0.6) is 0 Å². The standard InChI is InChI=1S/C16H20N2S/c1-3-15(17)16(13-8-10-18-11-9-13)19-14-6-4-12(2)5-7-14/h4-11,15-16H,3,17H2,1-2H3. The van der Waals surface area contributed by atoms with Crippen molar-refractivity contribution in [3.8, 4) is 0 Å². The number of thioether (sulfide) groups is 1. The van der Waals surface area contributed by atoms with Gasteiger partial charge in [-0.2, -0.15) is 0 Å². The van der Waals surface area contributed by atoms with Crippen LogP contribution in [0.2, 0.25) is 0 Å². The minimum Gasteiger partial charge on any atom is -0.326 e. The lowest BCUT2D eigenvalue weighted by Gasteiger charge is -2.22. The Morgan fingerprint density at radius 3 is 2.32 bits per heavy atom. The molecular formula is C16H20N2S. The molecule has 0 amide bonds. The third kappa shape index (κ3) is 3.82. The molecule has 2 nitrogen and oxygen atoms in total. The summed E-state index contributed by atoms with van der Waals surface area (Å²) in [6, 6.07) is 12.9. The summed E-state index contributed by atoms with van der Waals surface area (Å²) in [5, 5.41) is 0.274. The second-order valence-electron chi connectivity index (χ2n) is 4.70. The van der Waals surface area contributed by atoms with E-state index >= 15 is 0 Å². The van der Waals surface area contributed by atoms with Crippen LogP contribution in [0.4, 0.5) is 0 Å². The molecule has 0 fully saturated rings. The lowest BCUT2D eigenvalue weighted by molar-refractivity contribution is 0.634. The van der Waals surface area contributed by atoms with Gasteiger partial charge < -0.3 is 5.73 Å². The molecule has 0 saturated heterocycles. The number of hydrogen-bond acceptors (Lipinski definition) is 3. The fourth-order valence-corrected chi connectivity index (χ4v) is 3.18. The van der Waals surface area contributed by atoms with Gasteiger partial charge in [-0.05, 0) is 43.2 Å². The minimum atomic E-state index is 0.147. The fourth-order valence-electron chi connectivity index (χ4n) is 1.93. The molecule has 1 heterocycles. The zero-order chi connectivity index (χ0) is 13.7. The smallest absolute Gasteiger partial charge is 0.0496 e. The molecule has 0 spiro atoms. The third-order valence-electron chi connectivity index (χ3n) is 3.18. The number of pyridine rings is 1. The largest absolute Gasteiger partial charge is 0.326 e. The topological polar surface area (TPSA) is 38.9 Å². The summed E-state index contributed by atoms with van der Waals surface area (Å²) in [6.45, 7) is 4.24. The van der Waals surface area contributed by atoms with Crippen molar-refractivity contribution in [3.63, 3.8) is 0 Å². The summed E-state index contributed by atoms with van der Waals surface area (Å²) in [5.41, 5.74) is 8.81. The van der Waals surface area contributed by atoms with Crippen molar-refractivity contribution in [1.82, 2.24) is 4.98 Å². The minimum absolute atomic E-state index is 0.147. The molecule has 0 aliphatic carbocycles. The number of nitrogens with two attached hydrogens (primary N) is 1. The molecule has 1 aromatic heterocycles.